The first-order valence-corrected chi connectivity index (χ1v) is 8.70. The van der Waals surface area contributed by atoms with Crippen molar-refractivity contribution in [1.82, 2.24) is 14.9 Å². The number of likely N-dealkylation sites (tertiary alicyclic amines) is 1. The van der Waals surface area contributed by atoms with Crippen LogP contribution in [0.2, 0.25) is 0 Å². The smallest absolute Gasteiger partial charge is 0.276 e. The Balaban J connectivity index is 1.55. The quantitative estimate of drug-likeness (QED) is 0.898. The molecule has 0 aliphatic carbocycles. The van der Waals surface area contributed by atoms with E-state index in [2.05, 4.69) is 22.1 Å². The van der Waals surface area contributed by atoms with Crippen molar-refractivity contribution in [2.45, 2.75) is 24.0 Å². The first-order valence-electron chi connectivity index (χ1n) is 8.70. The molecule has 3 heterocycles. The second kappa shape index (κ2) is 6.66. The average Bonchev–Trinajstić information content (AvgIpc) is 3.27. The molecular weight excluding hydrogens is 332 g/mol. The molecule has 7 heteroatoms. The lowest BCUT2D eigenvalue weighted by Crippen LogP contribution is -2.42. The van der Waals surface area contributed by atoms with Crippen LogP contribution in [0.25, 0.3) is 0 Å². The van der Waals surface area contributed by atoms with Crippen molar-refractivity contribution in [3.8, 4) is 0 Å². The zero-order chi connectivity index (χ0) is 18.1. The number of nitrogen functional groups attached to an aromatic ring is 1. The summed E-state index contributed by atoms with van der Waals surface area (Å²) < 4.78 is 11.9. The lowest BCUT2D eigenvalue weighted by molar-refractivity contribution is -0.0755. The predicted octanol–water partition coefficient (Wildman–Crippen LogP) is 1.47. The molecule has 2 saturated heterocycles. The second-order valence-electron chi connectivity index (χ2n) is 6.89. The summed E-state index contributed by atoms with van der Waals surface area (Å²) in [6, 6.07) is 10.3. The highest BCUT2D eigenvalue weighted by Gasteiger charge is 2.54. The van der Waals surface area contributed by atoms with Crippen molar-refractivity contribution in [2.75, 3.05) is 32.5 Å². The maximum atomic E-state index is 12.9. The van der Waals surface area contributed by atoms with E-state index in [9.17, 15) is 4.79 Å². The number of nitrogens with zero attached hydrogens (tertiary/aromatic N) is 3. The number of methoxy groups -OCH3 is 1. The third-order valence-corrected chi connectivity index (χ3v) is 5.37. The Hall–Kier alpha value is -2.51. The summed E-state index contributed by atoms with van der Waals surface area (Å²) >= 11 is 0. The van der Waals surface area contributed by atoms with Gasteiger partial charge in [0.15, 0.2) is 11.5 Å². The number of ether oxygens (including phenoxy) is 2. The molecule has 0 bridgehead atoms. The fourth-order valence-electron chi connectivity index (χ4n) is 4.04. The van der Waals surface area contributed by atoms with E-state index in [4.69, 9.17) is 15.2 Å². The number of carbonyl (C=O) groups excluding carboxylic acids is 1. The molecule has 1 aromatic carbocycles. The third-order valence-electron chi connectivity index (χ3n) is 5.37. The lowest BCUT2D eigenvalue weighted by atomic mass is 9.87. The first kappa shape index (κ1) is 16.9. The number of carbonyl (C=O) groups is 1. The third kappa shape index (κ3) is 2.83. The molecule has 0 unspecified atom stereocenters. The Labute approximate surface area is 152 Å². The maximum Gasteiger partial charge on any atom is 0.276 e. The zero-order valence-corrected chi connectivity index (χ0v) is 14.7. The molecule has 1 aromatic heterocycles. The van der Waals surface area contributed by atoms with Crippen LogP contribution in [0.3, 0.4) is 0 Å². The molecule has 0 radical (unpaired) electrons. The van der Waals surface area contributed by atoms with Crippen LogP contribution in [-0.2, 0) is 9.47 Å². The normalized spacial score (nSPS) is 28.0. The molecule has 2 N–H and O–H groups in total. The van der Waals surface area contributed by atoms with E-state index >= 15 is 0 Å². The maximum absolute atomic E-state index is 12.9. The van der Waals surface area contributed by atoms with Gasteiger partial charge >= 0.3 is 0 Å². The Bertz CT molecular complexity index is 800. The van der Waals surface area contributed by atoms with Crippen LogP contribution in [0, 0.1) is 0 Å². The fraction of sp³-hybridized carbons (Fsp3) is 0.421. The summed E-state index contributed by atoms with van der Waals surface area (Å²) in [7, 11) is 1.66. The van der Waals surface area contributed by atoms with Crippen molar-refractivity contribution in [3.63, 3.8) is 0 Å². The van der Waals surface area contributed by atoms with Gasteiger partial charge in [0, 0.05) is 25.4 Å². The minimum Gasteiger partial charge on any atom is -0.382 e. The van der Waals surface area contributed by atoms with E-state index in [-0.39, 0.29) is 23.5 Å². The average molecular weight is 354 g/mol. The van der Waals surface area contributed by atoms with Crippen molar-refractivity contribution in [2.24, 2.45) is 0 Å². The number of anilines is 1. The highest BCUT2D eigenvalue weighted by Crippen LogP contribution is 2.43. The van der Waals surface area contributed by atoms with Gasteiger partial charge in [-0.1, -0.05) is 30.3 Å². The monoisotopic (exact) mass is 354 g/mol. The summed E-state index contributed by atoms with van der Waals surface area (Å²) in [4.78, 5) is 22.6. The lowest BCUT2D eigenvalue weighted by Gasteiger charge is -2.28. The molecule has 1 amide bonds. The molecule has 0 saturated carbocycles. The van der Waals surface area contributed by atoms with Gasteiger partial charge in [0.05, 0.1) is 19.7 Å². The van der Waals surface area contributed by atoms with Gasteiger partial charge in [-0.3, -0.25) is 4.79 Å². The molecule has 7 nitrogen and oxygen atoms in total. The number of rotatable bonds is 3. The van der Waals surface area contributed by atoms with Gasteiger partial charge in [-0.15, -0.1) is 0 Å². The number of hydrogen-bond donors (Lipinski definition) is 1. The van der Waals surface area contributed by atoms with E-state index in [1.54, 1.807) is 12.0 Å². The summed E-state index contributed by atoms with van der Waals surface area (Å²) in [5.41, 5.74) is 6.75. The van der Waals surface area contributed by atoms with E-state index in [0.29, 0.717) is 25.6 Å². The van der Waals surface area contributed by atoms with Gasteiger partial charge in [-0.2, -0.15) is 0 Å². The zero-order valence-electron chi connectivity index (χ0n) is 14.7. The number of nitrogens with two attached hydrogens (primary N) is 1. The van der Waals surface area contributed by atoms with Crippen molar-refractivity contribution < 1.29 is 14.3 Å². The number of aromatic nitrogens is 2. The Morgan fingerprint density at radius 1 is 1.31 bits per heavy atom. The molecule has 136 valence electrons. The molecule has 2 aliphatic rings. The topological polar surface area (TPSA) is 90.6 Å². The minimum atomic E-state index is -0.498. The van der Waals surface area contributed by atoms with Gasteiger partial charge in [0.2, 0.25) is 0 Å². The minimum absolute atomic E-state index is 0.141. The summed E-state index contributed by atoms with van der Waals surface area (Å²) in [6.07, 6.45) is 3.58. The molecule has 1 spiro atoms. The van der Waals surface area contributed by atoms with Crippen LogP contribution in [0.5, 0.6) is 0 Å². The molecular formula is C19H22N4O3. The SMILES string of the molecule is CO[C@@H]1CN(C(=O)c2nccnc2N)C[C@]12C[C@H](c1ccccc1)CO2. The van der Waals surface area contributed by atoms with Gasteiger partial charge in [0.1, 0.15) is 11.7 Å². The van der Waals surface area contributed by atoms with Crippen molar-refractivity contribution in [3.05, 3.63) is 54.0 Å². The second-order valence-corrected chi connectivity index (χ2v) is 6.89. The predicted molar refractivity (Wildman–Crippen MR) is 95.6 cm³/mol. The van der Waals surface area contributed by atoms with Crippen molar-refractivity contribution in [1.29, 1.82) is 0 Å². The van der Waals surface area contributed by atoms with Crippen LogP contribution < -0.4 is 5.73 Å². The summed E-state index contributed by atoms with van der Waals surface area (Å²) in [6.45, 7) is 1.54. The number of hydrogen-bond acceptors (Lipinski definition) is 6. The fourth-order valence-corrected chi connectivity index (χ4v) is 4.04. The van der Waals surface area contributed by atoms with Gasteiger partial charge in [-0.05, 0) is 12.0 Å². The molecule has 2 fully saturated rings. The molecule has 4 rings (SSSR count). The highest BCUT2D eigenvalue weighted by atomic mass is 16.6. The standard InChI is InChI=1S/C19H22N4O3/c1-25-15-10-23(18(24)16-17(20)22-8-7-21-16)12-19(15)9-14(11-26-19)13-5-3-2-4-6-13/h2-8,14-15H,9-12H2,1H3,(H2,20,22)/t14-,15+,19+/m0/s1. The molecule has 2 aliphatic heterocycles. The number of benzene rings is 1. The van der Waals surface area contributed by atoms with Gasteiger partial charge in [0.25, 0.3) is 5.91 Å². The van der Waals surface area contributed by atoms with Gasteiger partial charge < -0.3 is 20.1 Å². The van der Waals surface area contributed by atoms with Crippen LogP contribution in [-0.4, -0.2) is 59.3 Å². The van der Waals surface area contributed by atoms with E-state index in [1.165, 1.54) is 18.0 Å². The Morgan fingerprint density at radius 3 is 2.81 bits per heavy atom. The number of amides is 1. The van der Waals surface area contributed by atoms with Crippen molar-refractivity contribution >= 4 is 11.7 Å². The molecule has 2 aromatic rings. The molecule has 26 heavy (non-hydrogen) atoms. The highest BCUT2D eigenvalue weighted by molar-refractivity contribution is 5.96. The van der Waals surface area contributed by atoms with E-state index in [1.807, 2.05) is 18.2 Å². The summed E-state index contributed by atoms with van der Waals surface area (Å²) in [5, 5.41) is 0. The van der Waals surface area contributed by atoms with E-state index < -0.39 is 5.60 Å². The van der Waals surface area contributed by atoms with Gasteiger partial charge in [-0.25, -0.2) is 9.97 Å². The largest absolute Gasteiger partial charge is 0.382 e. The Kier molecular flexibility index (Phi) is 4.34. The van der Waals surface area contributed by atoms with E-state index in [0.717, 1.165) is 6.42 Å². The van der Waals surface area contributed by atoms with Crippen LogP contribution >= 0.6 is 0 Å². The summed E-state index contributed by atoms with van der Waals surface area (Å²) in [5.74, 6) is 0.202. The first-order chi connectivity index (χ1) is 12.6. The van der Waals surface area contributed by atoms with Crippen LogP contribution in [0.15, 0.2) is 42.7 Å². The Morgan fingerprint density at radius 2 is 2.08 bits per heavy atom. The van der Waals surface area contributed by atoms with Crippen LogP contribution in [0.1, 0.15) is 28.4 Å². The van der Waals surface area contributed by atoms with Crippen LogP contribution in [0.4, 0.5) is 5.82 Å². The molecule has 3 atom stereocenters.